The molecular formula is C21H25BrN2O5S. The van der Waals surface area contributed by atoms with Crippen molar-refractivity contribution in [1.29, 1.82) is 0 Å². The van der Waals surface area contributed by atoms with E-state index in [-0.39, 0.29) is 17.4 Å². The summed E-state index contributed by atoms with van der Waals surface area (Å²) >= 11 is 4.33. The van der Waals surface area contributed by atoms with Gasteiger partial charge in [0.05, 0.1) is 22.6 Å². The van der Waals surface area contributed by atoms with Gasteiger partial charge in [0.25, 0.3) is 11.1 Å². The monoisotopic (exact) mass is 496 g/mol. The Hall–Kier alpha value is -2.00. The van der Waals surface area contributed by atoms with Crippen LogP contribution in [0.5, 0.6) is 11.5 Å². The first kappa shape index (κ1) is 22.7. The average molecular weight is 497 g/mol. The Morgan fingerprint density at radius 2 is 1.83 bits per heavy atom. The lowest BCUT2D eigenvalue weighted by Gasteiger charge is -2.27. The molecule has 1 aromatic carbocycles. The Morgan fingerprint density at radius 1 is 1.13 bits per heavy atom. The lowest BCUT2D eigenvalue weighted by molar-refractivity contribution is -0.136. The second-order valence-electron chi connectivity index (χ2n) is 6.91. The number of hydrogen-bond donors (Lipinski definition) is 0. The third kappa shape index (κ3) is 5.18. The van der Waals surface area contributed by atoms with Gasteiger partial charge >= 0.3 is 0 Å². The maximum Gasteiger partial charge on any atom is 0.294 e. The van der Waals surface area contributed by atoms with Crippen molar-refractivity contribution in [2.75, 3.05) is 32.8 Å². The van der Waals surface area contributed by atoms with Gasteiger partial charge in [-0.15, -0.1) is 0 Å². The van der Waals surface area contributed by atoms with Crippen molar-refractivity contribution in [1.82, 2.24) is 9.80 Å². The molecule has 0 radical (unpaired) electrons. The highest BCUT2D eigenvalue weighted by atomic mass is 79.9. The Kier molecular flexibility index (Phi) is 7.82. The highest BCUT2D eigenvalue weighted by molar-refractivity contribution is 9.10. The summed E-state index contributed by atoms with van der Waals surface area (Å²) < 4.78 is 12.0. The van der Waals surface area contributed by atoms with E-state index in [0.29, 0.717) is 47.8 Å². The number of hydrogen-bond acceptors (Lipinski definition) is 6. The Morgan fingerprint density at radius 3 is 2.50 bits per heavy atom. The third-order valence-corrected chi connectivity index (χ3v) is 6.29. The normalized spacial score (nSPS) is 18.3. The van der Waals surface area contributed by atoms with Gasteiger partial charge in [0, 0.05) is 13.1 Å². The minimum Gasteiger partial charge on any atom is -0.490 e. The average Bonchev–Trinajstić information content (AvgIpc) is 2.98. The minimum absolute atomic E-state index is 0.180. The number of ether oxygens (including phenoxy) is 2. The molecule has 0 spiro atoms. The number of rotatable bonds is 7. The summed E-state index contributed by atoms with van der Waals surface area (Å²) in [5.74, 6) is 0.523. The summed E-state index contributed by atoms with van der Waals surface area (Å²) in [5.41, 5.74) is 0.696. The number of piperidine rings is 1. The van der Waals surface area contributed by atoms with E-state index in [0.717, 1.165) is 35.9 Å². The standard InChI is InChI=1S/C21H25BrN2O5S/c1-3-28-16-11-14(10-15(22)19(16)29-4-2)12-17-20(26)24(21(27)30-17)13-18(25)23-8-6-5-7-9-23/h10-12H,3-9,13H2,1-2H3/b17-12-. The molecule has 0 atom stereocenters. The molecule has 2 saturated heterocycles. The summed E-state index contributed by atoms with van der Waals surface area (Å²) in [4.78, 5) is 40.7. The van der Waals surface area contributed by atoms with Crippen molar-refractivity contribution in [3.8, 4) is 11.5 Å². The molecule has 2 fully saturated rings. The first-order valence-corrected chi connectivity index (χ1v) is 11.7. The highest BCUT2D eigenvalue weighted by Gasteiger charge is 2.37. The fourth-order valence-corrected chi connectivity index (χ4v) is 4.80. The van der Waals surface area contributed by atoms with Crippen LogP contribution in [0.1, 0.15) is 38.7 Å². The van der Waals surface area contributed by atoms with Gasteiger partial charge in [-0.3, -0.25) is 19.3 Å². The van der Waals surface area contributed by atoms with E-state index in [9.17, 15) is 14.4 Å². The molecule has 0 saturated carbocycles. The number of likely N-dealkylation sites (tertiary alicyclic amines) is 1. The predicted molar refractivity (Wildman–Crippen MR) is 120 cm³/mol. The van der Waals surface area contributed by atoms with Gasteiger partial charge in [0.2, 0.25) is 5.91 Å². The van der Waals surface area contributed by atoms with Gasteiger partial charge in [0.15, 0.2) is 11.5 Å². The number of amides is 3. The van der Waals surface area contributed by atoms with Gasteiger partial charge in [-0.2, -0.15) is 0 Å². The molecule has 9 heteroatoms. The van der Waals surface area contributed by atoms with Crippen LogP contribution in [0.25, 0.3) is 6.08 Å². The number of thioether (sulfide) groups is 1. The molecule has 162 valence electrons. The van der Waals surface area contributed by atoms with Crippen LogP contribution in [-0.2, 0) is 9.59 Å². The second kappa shape index (κ2) is 10.3. The fourth-order valence-electron chi connectivity index (χ4n) is 3.38. The molecule has 2 heterocycles. The van der Waals surface area contributed by atoms with Gasteiger partial charge in [-0.1, -0.05) is 0 Å². The maximum atomic E-state index is 12.8. The van der Waals surface area contributed by atoms with Crippen LogP contribution in [0, 0.1) is 0 Å². The highest BCUT2D eigenvalue weighted by Crippen LogP contribution is 2.39. The first-order valence-electron chi connectivity index (χ1n) is 10.1. The van der Waals surface area contributed by atoms with Crippen molar-refractivity contribution in [3.05, 3.63) is 27.1 Å². The molecule has 1 aromatic rings. The topological polar surface area (TPSA) is 76.2 Å². The summed E-state index contributed by atoms with van der Waals surface area (Å²) in [6.07, 6.45) is 4.67. The van der Waals surface area contributed by atoms with E-state index in [1.54, 1.807) is 23.1 Å². The predicted octanol–water partition coefficient (Wildman–Crippen LogP) is 4.30. The lowest BCUT2D eigenvalue weighted by Crippen LogP contribution is -2.44. The molecule has 2 aliphatic rings. The Balaban J connectivity index is 1.78. The number of carbonyl (C=O) groups excluding carboxylic acids is 3. The molecule has 30 heavy (non-hydrogen) atoms. The van der Waals surface area contributed by atoms with Gasteiger partial charge in [0.1, 0.15) is 6.54 Å². The van der Waals surface area contributed by atoms with E-state index < -0.39 is 11.1 Å². The smallest absolute Gasteiger partial charge is 0.294 e. The summed E-state index contributed by atoms with van der Waals surface area (Å²) in [7, 11) is 0. The SMILES string of the molecule is CCOc1cc(/C=C2\SC(=O)N(CC(=O)N3CCCCC3)C2=O)cc(Br)c1OCC. The molecular weight excluding hydrogens is 472 g/mol. The molecule has 0 bridgehead atoms. The van der Waals surface area contributed by atoms with E-state index in [1.165, 1.54) is 0 Å². The molecule has 0 aromatic heterocycles. The van der Waals surface area contributed by atoms with E-state index >= 15 is 0 Å². The molecule has 0 unspecified atom stereocenters. The van der Waals surface area contributed by atoms with Crippen LogP contribution in [0.15, 0.2) is 21.5 Å². The molecule has 7 nitrogen and oxygen atoms in total. The van der Waals surface area contributed by atoms with Crippen LogP contribution in [-0.4, -0.2) is 59.7 Å². The zero-order valence-corrected chi connectivity index (χ0v) is 19.5. The number of nitrogens with zero attached hydrogens (tertiary/aromatic N) is 2. The summed E-state index contributed by atoms with van der Waals surface area (Å²) in [6.45, 7) is 5.88. The number of imide groups is 1. The Bertz CT molecular complexity index is 867. The zero-order chi connectivity index (χ0) is 21.7. The van der Waals surface area contributed by atoms with Crippen LogP contribution >= 0.6 is 27.7 Å². The van der Waals surface area contributed by atoms with Crippen LogP contribution < -0.4 is 9.47 Å². The first-order chi connectivity index (χ1) is 14.4. The van der Waals surface area contributed by atoms with Crippen molar-refractivity contribution in [2.24, 2.45) is 0 Å². The van der Waals surface area contributed by atoms with Crippen molar-refractivity contribution < 1.29 is 23.9 Å². The van der Waals surface area contributed by atoms with Gasteiger partial charge < -0.3 is 14.4 Å². The zero-order valence-electron chi connectivity index (χ0n) is 17.1. The third-order valence-electron chi connectivity index (χ3n) is 4.79. The number of benzene rings is 1. The van der Waals surface area contributed by atoms with Crippen molar-refractivity contribution in [3.63, 3.8) is 0 Å². The van der Waals surface area contributed by atoms with Gasteiger partial charge in [-0.05, 0) is 84.6 Å². The molecule has 2 aliphatic heterocycles. The second-order valence-corrected chi connectivity index (χ2v) is 8.75. The Labute approximate surface area is 188 Å². The van der Waals surface area contributed by atoms with Crippen molar-refractivity contribution in [2.45, 2.75) is 33.1 Å². The van der Waals surface area contributed by atoms with E-state index in [2.05, 4.69) is 15.9 Å². The van der Waals surface area contributed by atoms with Crippen molar-refractivity contribution >= 4 is 50.8 Å². The fraction of sp³-hybridized carbons (Fsp3) is 0.476. The largest absolute Gasteiger partial charge is 0.490 e. The van der Waals surface area contributed by atoms with Crippen LogP contribution in [0.3, 0.4) is 0 Å². The molecule has 3 rings (SSSR count). The molecule has 3 amide bonds. The van der Waals surface area contributed by atoms with Gasteiger partial charge in [-0.25, -0.2) is 0 Å². The van der Waals surface area contributed by atoms with E-state index in [4.69, 9.17) is 9.47 Å². The molecule has 0 aliphatic carbocycles. The number of carbonyl (C=O) groups is 3. The lowest BCUT2D eigenvalue weighted by atomic mass is 10.1. The quantitative estimate of drug-likeness (QED) is 0.523. The minimum atomic E-state index is -0.446. The van der Waals surface area contributed by atoms with E-state index in [1.807, 2.05) is 13.8 Å². The molecule has 0 N–H and O–H groups in total. The summed E-state index contributed by atoms with van der Waals surface area (Å²) in [5, 5.41) is -0.424. The van der Waals surface area contributed by atoms with Crippen LogP contribution in [0.2, 0.25) is 0 Å². The summed E-state index contributed by atoms with van der Waals surface area (Å²) in [6, 6.07) is 3.58. The maximum absolute atomic E-state index is 12.8. The van der Waals surface area contributed by atoms with Crippen LogP contribution in [0.4, 0.5) is 4.79 Å². The number of halogens is 1.